The van der Waals surface area contributed by atoms with Crippen LogP contribution in [0, 0.1) is 11.6 Å². The lowest BCUT2D eigenvalue weighted by atomic mass is 10.2. The minimum absolute atomic E-state index is 0.347. The summed E-state index contributed by atoms with van der Waals surface area (Å²) in [6.45, 7) is 0. The fourth-order valence-corrected chi connectivity index (χ4v) is 1.20. The third-order valence-electron chi connectivity index (χ3n) is 1.73. The van der Waals surface area contributed by atoms with E-state index in [1.807, 2.05) is 0 Å². The van der Waals surface area contributed by atoms with E-state index in [2.05, 4.69) is 12.6 Å². The van der Waals surface area contributed by atoms with Crippen LogP contribution in [0.3, 0.4) is 0 Å². The largest absolute Gasteiger partial charge is 0.294 e. The van der Waals surface area contributed by atoms with E-state index >= 15 is 0 Å². The second kappa shape index (κ2) is 4.07. The molecular weight excluding hydrogens is 192 g/mol. The molecule has 0 aliphatic carbocycles. The SMILES string of the molecule is CN(C)C(S)c1ccc(F)cc1F. The van der Waals surface area contributed by atoms with Crippen molar-refractivity contribution < 1.29 is 8.78 Å². The summed E-state index contributed by atoms with van der Waals surface area (Å²) in [6, 6.07) is 3.50. The lowest BCUT2D eigenvalue weighted by Crippen LogP contribution is -2.16. The summed E-state index contributed by atoms with van der Waals surface area (Å²) in [4.78, 5) is 1.74. The van der Waals surface area contributed by atoms with Crippen LogP contribution >= 0.6 is 12.6 Å². The highest BCUT2D eigenvalue weighted by Crippen LogP contribution is 2.24. The quantitative estimate of drug-likeness (QED) is 0.571. The zero-order valence-corrected chi connectivity index (χ0v) is 8.35. The van der Waals surface area contributed by atoms with Gasteiger partial charge in [-0.1, -0.05) is 6.07 Å². The zero-order valence-electron chi connectivity index (χ0n) is 7.46. The van der Waals surface area contributed by atoms with E-state index in [9.17, 15) is 8.78 Å². The van der Waals surface area contributed by atoms with E-state index in [-0.39, 0.29) is 5.37 Å². The van der Waals surface area contributed by atoms with Crippen LogP contribution in [0.15, 0.2) is 18.2 Å². The summed E-state index contributed by atoms with van der Waals surface area (Å²) in [7, 11) is 3.56. The van der Waals surface area contributed by atoms with E-state index in [4.69, 9.17) is 0 Å². The van der Waals surface area contributed by atoms with Gasteiger partial charge < -0.3 is 0 Å². The molecule has 0 aromatic heterocycles. The zero-order chi connectivity index (χ0) is 10.0. The Bertz CT molecular complexity index is 302. The molecule has 4 heteroatoms. The van der Waals surface area contributed by atoms with Gasteiger partial charge in [0.25, 0.3) is 0 Å². The van der Waals surface area contributed by atoms with Gasteiger partial charge in [0, 0.05) is 11.6 Å². The summed E-state index contributed by atoms with van der Waals surface area (Å²) in [5, 5.41) is -0.347. The van der Waals surface area contributed by atoms with Crippen LogP contribution in [0.2, 0.25) is 0 Å². The maximum absolute atomic E-state index is 13.1. The highest BCUT2D eigenvalue weighted by atomic mass is 32.1. The van der Waals surface area contributed by atoms with Gasteiger partial charge in [0.2, 0.25) is 0 Å². The maximum Gasteiger partial charge on any atom is 0.131 e. The fourth-order valence-electron chi connectivity index (χ4n) is 0.989. The van der Waals surface area contributed by atoms with Crippen molar-refractivity contribution in [3.63, 3.8) is 0 Å². The molecule has 0 aliphatic rings. The molecule has 1 unspecified atom stereocenters. The van der Waals surface area contributed by atoms with Gasteiger partial charge in [-0.05, 0) is 20.2 Å². The molecule has 0 amide bonds. The lowest BCUT2D eigenvalue weighted by molar-refractivity contribution is 0.383. The molecule has 13 heavy (non-hydrogen) atoms. The van der Waals surface area contributed by atoms with Crippen LogP contribution in [0.1, 0.15) is 10.9 Å². The Morgan fingerprint density at radius 2 is 1.92 bits per heavy atom. The van der Waals surface area contributed by atoms with Gasteiger partial charge in [0.15, 0.2) is 0 Å². The lowest BCUT2D eigenvalue weighted by Gasteiger charge is -2.19. The van der Waals surface area contributed by atoms with Gasteiger partial charge in [-0.25, -0.2) is 8.78 Å². The number of hydrogen-bond acceptors (Lipinski definition) is 2. The second-order valence-corrected chi connectivity index (χ2v) is 3.49. The first-order chi connectivity index (χ1) is 6.02. The molecule has 0 spiro atoms. The molecule has 0 radical (unpaired) electrons. The van der Waals surface area contributed by atoms with Gasteiger partial charge in [-0.15, -0.1) is 0 Å². The molecule has 0 saturated heterocycles. The van der Waals surface area contributed by atoms with Crippen LogP contribution < -0.4 is 0 Å². The van der Waals surface area contributed by atoms with Gasteiger partial charge >= 0.3 is 0 Å². The van der Waals surface area contributed by atoms with Crippen LogP contribution in [-0.2, 0) is 0 Å². The molecule has 0 bridgehead atoms. The Morgan fingerprint density at radius 3 is 2.38 bits per heavy atom. The maximum atomic E-state index is 13.1. The number of nitrogens with zero attached hydrogens (tertiary/aromatic N) is 1. The highest BCUT2D eigenvalue weighted by Gasteiger charge is 2.13. The van der Waals surface area contributed by atoms with E-state index in [1.165, 1.54) is 12.1 Å². The van der Waals surface area contributed by atoms with Gasteiger partial charge in [0.1, 0.15) is 11.6 Å². The average molecular weight is 203 g/mol. The molecule has 1 atom stereocenters. The molecular formula is C9H11F2NS. The predicted molar refractivity (Wildman–Crippen MR) is 51.8 cm³/mol. The molecule has 0 fully saturated rings. The number of hydrogen-bond donors (Lipinski definition) is 1. The molecule has 1 rings (SSSR count). The molecule has 0 N–H and O–H groups in total. The third kappa shape index (κ3) is 2.42. The smallest absolute Gasteiger partial charge is 0.131 e. The summed E-state index contributed by atoms with van der Waals surface area (Å²) in [6.07, 6.45) is 0. The Hall–Kier alpha value is -0.610. The van der Waals surface area contributed by atoms with Crippen LogP contribution in [-0.4, -0.2) is 19.0 Å². The standard InChI is InChI=1S/C9H11F2NS/c1-12(2)9(13)7-4-3-6(10)5-8(7)11/h3-5,9,13H,1-2H3. The van der Waals surface area contributed by atoms with Crippen LogP contribution in [0.25, 0.3) is 0 Å². The Labute approximate surface area is 81.8 Å². The first-order valence-electron chi connectivity index (χ1n) is 3.82. The molecule has 1 nitrogen and oxygen atoms in total. The van der Waals surface area contributed by atoms with Crippen molar-refractivity contribution >= 4 is 12.6 Å². The van der Waals surface area contributed by atoms with E-state index in [1.54, 1.807) is 19.0 Å². The Morgan fingerprint density at radius 1 is 1.31 bits per heavy atom. The first kappa shape index (κ1) is 10.5. The molecule has 1 aromatic carbocycles. The van der Waals surface area contributed by atoms with Crippen molar-refractivity contribution in [3.8, 4) is 0 Å². The van der Waals surface area contributed by atoms with E-state index < -0.39 is 11.6 Å². The summed E-state index contributed by atoms with van der Waals surface area (Å²) < 4.78 is 25.7. The van der Waals surface area contributed by atoms with Crippen LogP contribution in [0.5, 0.6) is 0 Å². The highest BCUT2D eigenvalue weighted by molar-refractivity contribution is 7.80. The van der Waals surface area contributed by atoms with Crippen LogP contribution in [0.4, 0.5) is 8.78 Å². The van der Waals surface area contributed by atoms with Crippen molar-refractivity contribution in [2.45, 2.75) is 5.37 Å². The molecule has 0 saturated carbocycles. The van der Waals surface area contributed by atoms with Crippen molar-refractivity contribution in [1.82, 2.24) is 4.90 Å². The van der Waals surface area contributed by atoms with E-state index in [0.29, 0.717) is 5.56 Å². The predicted octanol–water partition coefficient (Wildman–Crippen LogP) is 2.45. The summed E-state index contributed by atoms with van der Waals surface area (Å²) in [5.41, 5.74) is 0.384. The topological polar surface area (TPSA) is 3.24 Å². The first-order valence-corrected chi connectivity index (χ1v) is 4.33. The van der Waals surface area contributed by atoms with Crippen molar-refractivity contribution in [1.29, 1.82) is 0 Å². The third-order valence-corrected chi connectivity index (χ3v) is 2.47. The van der Waals surface area contributed by atoms with Gasteiger partial charge in [-0.2, -0.15) is 12.6 Å². The fraction of sp³-hybridized carbons (Fsp3) is 0.333. The number of rotatable bonds is 2. The van der Waals surface area contributed by atoms with Crippen molar-refractivity contribution in [2.24, 2.45) is 0 Å². The normalized spacial score (nSPS) is 13.4. The number of thiol groups is 1. The number of benzene rings is 1. The van der Waals surface area contributed by atoms with Crippen molar-refractivity contribution in [3.05, 3.63) is 35.4 Å². The monoisotopic (exact) mass is 203 g/mol. The minimum atomic E-state index is -0.569. The molecule has 72 valence electrons. The minimum Gasteiger partial charge on any atom is -0.294 e. The van der Waals surface area contributed by atoms with Gasteiger partial charge in [0.05, 0.1) is 5.37 Å². The molecule has 0 heterocycles. The van der Waals surface area contributed by atoms with E-state index in [0.717, 1.165) is 6.07 Å². The summed E-state index contributed by atoms with van der Waals surface area (Å²) in [5.74, 6) is -1.13. The Kier molecular flexibility index (Phi) is 3.27. The molecule has 0 aliphatic heterocycles. The molecule has 1 aromatic rings. The van der Waals surface area contributed by atoms with Gasteiger partial charge in [-0.3, -0.25) is 4.90 Å². The number of halogens is 2. The van der Waals surface area contributed by atoms with Crippen molar-refractivity contribution in [2.75, 3.05) is 14.1 Å². The average Bonchev–Trinajstić information content (AvgIpc) is 2.03. The summed E-state index contributed by atoms with van der Waals surface area (Å²) >= 11 is 4.18. The second-order valence-electron chi connectivity index (χ2n) is 3.00. The Balaban J connectivity index is 3.01.